The van der Waals surface area contributed by atoms with Gasteiger partial charge in [-0.2, -0.15) is 0 Å². The van der Waals surface area contributed by atoms with E-state index in [9.17, 15) is 18.3 Å². The molecule has 0 spiro atoms. The normalized spacial score (nSPS) is 17.0. The first kappa shape index (κ1) is 31.3. The highest BCUT2D eigenvalue weighted by Crippen LogP contribution is 2.34. The van der Waals surface area contributed by atoms with E-state index in [1.807, 2.05) is 85.8 Å². The van der Waals surface area contributed by atoms with Crippen molar-refractivity contribution in [3.63, 3.8) is 0 Å². The summed E-state index contributed by atoms with van der Waals surface area (Å²) in [6.45, 7) is 4.48. The number of amides is 1. The highest BCUT2D eigenvalue weighted by Gasteiger charge is 2.39. The average Bonchev–Trinajstić information content (AvgIpc) is 3.02. The Bertz CT molecular complexity index is 1560. The number of carbonyl (C=O) groups is 1. The monoisotopic (exact) mass is 611 g/mol. The van der Waals surface area contributed by atoms with Crippen LogP contribution in [-0.4, -0.2) is 54.6 Å². The number of piperidine rings is 1. The van der Waals surface area contributed by atoms with E-state index >= 15 is 0 Å². The van der Waals surface area contributed by atoms with Crippen LogP contribution in [0, 0.1) is 6.92 Å². The van der Waals surface area contributed by atoms with Gasteiger partial charge in [-0.25, -0.2) is 13.2 Å². The van der Waals surface area contributed by atoms with Crippen LogP contribution >= 0.6 is 0 Å². The third-order valence-corrected chi connectivity index (χ3v) is 10.5. The van der Waals surface area contributed by atoms with Gasteiger partial charge in [0.15, 0.2) is 0 Å². The smallest absolute Gasteiger partial charge is 0.407 e. The maximum atomic E-state index is 14.2. The van der Waals surface area contributed by atoms with Crippen LogP contribution in [0.3, 0.4) is 0 Å². The maximum Gasteiger partial charge on any atom is 0.407 e. The van der Waals surface area contributed by atoms with E-state index < -0.39 is 16.1 Å². The van der Waals surface area contributed by atoms with Crippen LogP contribution in [0.2, 0.25) is 0 Å². The fourth-order valence-electron chi connectivity index (χ4n) is 6.29. The van der Waals surface area contributed by atoms with Gasteiger partial charge < -0.3 is 10.0 Å². The molecule has 4 aromatic rings. The second-order valence-electron chi connectivity index (χ2n) is 11.5. The van der Waals surface area contributed by atoms with E-state index in [1.54, 1.807) is 16.4 Å². The van der Waals surface area contributed by atoms with Gasteiger partial charge in [0.25, 0.3) is 10.0 Å². The van der Waals surface area contributed by atoms with Crippen molar-refractivity contribution in [2.75, 3.05) is 17.4 Å². The Hall–Kier alpha value is -4.14. The number of anilines is 1. The van der Waals surface area contributed by atoms with E-state index in [0.717, 1.165) is 26.1 Å². The van der Waals surface area contributed by atoms with Crippen LogP contribution in [0.25, 0.3) is 0 Å². The molecule has 1 aliphatic rings. The maximum absolute atomic E-state index is 14.2. The van der Waals surface area contributed by atoms with Crippen molar-refractivity contribution in [1.29, 1.82) is 0 Å². The van der Waals surface area contributed by atoms with Gasteiger partial charge in [0.2, 0.25) is 0 Å². The number of hydrogen-bond acceptors (Lipinski definition) is 4. The molecule has 2 atom stereocenters. The molecule has 1 aliphatic heterocycles. The molecule has 1 saturated heterocycles. The summed E-state index contributed by atoms with van der Waals surface area (Å²) in [5.74, 6) is 0. The number of carboxylic acid groups (broad SMARTS) is 1. The van der Waals surface area contributed by atoms with Crippen molar-refractivity contribution in [3.8, 4) is 0 Å². The predicted molar refractivity (Wildman–Crippen MR) is 175 cm³/mol. The molecule has 44 heavy (non-hydrogen) atoms. The lowest BCUT2D eigenvalue weighted by Gasteiger charge is -2.43. The largest absolute Gasteiger partial charge is 0.465 e. The lowest BCUT2D eigenvalue weighted by atomic mass is 9.93. The van der Waals surface area contributed by atoms with Crippen molar-refractivity contribution in [2.45, 2.75) is 62.7 Å². The lowest BCUT2D eigenvalue weighted by Crippen LogP contribution is -2.53. The molecule has 0 bridgehead atoms. The first-order valence-corrected chi connectivity index (χ1v) is 16.7. The average molecular weight is 612 g/mol. The van der Waals surface area contributed by atoms with Crippen LogP contribution in [-0.2, 0) is 23.1 Å². The number of rotatable bonds is 12. The first-order valence-electron chi connectivity index (χ1n) is 15.3. The van der Waals surface area contributed by atoms with Crippen molar-refractivity contribution in [2.24, 2.45) is 0 Å². The van der Waals surface area contributed by atoms with E-state index in [-0.39, 0.29) is 23.5 Å². The topological polar surface area (TPSA) is 81.2 Å². The molecule has 1 heterocycles. The molecule has 230 valence electrons. The summed E-state index contributed by atoms with van der Waals surface area (Å²) >= 11 is 0. The highest BCUT2D eigenvalue weighted by atomic mass is 32.2. The summed E-state index contributed by atoms with van der Waals surface area (Å²) in [4.78, 5) is 16.5. The third kappa shape index (κ3) is 7.68. The van der Waals surface area contributed by atoms with Gasteiger partial charge in [-0.15, -0.1) is 0 Å². The van der Waals surface area contributed by atoms with Gasteiger partial charge in [-0.05, 0) is 74.0 Å². The van der Waals surface area contributed by atoms with Gasteiger partial charge in [0.1, 0.15) is 0 Å². The van der Waals surface area contributed by atoms with Crippen LogP contribution in [0.5, 0.6) is 0 Å². The molecule has 0 saturated carbocycles. The zero-order valence-electron chi connectivity index (χ0n) is 25.2. The van der Waals surface area contributed by atoms with Crippen molar-refractivity contribution < 1.29 is 18.3 Å². The fourth-order valence-corrected chi connectivity index (χ4v) is 8.21. The van der Waals surface area contributed by atoms with Gasteiger partial charge in [0.05, 0.1) is 10.6 Å². The van der Waals surface area contributed by atoms with E-state index in [1.165, 1.54) is 16.0 Å². The Kier molecular flexibility index (Phi) is 10.4. The van der Waals surface area contributed by atoms with Crippen molar-refractivity contribution in [3.05, 3.63) is 132 Å². The molecule has 7 nitrogen and oxygen atoms in total. The number of sulfonamides is 1. The molecule has 1 amide bonds. The molecule has 8 heteroatoms. The minimum absolute atomic E-state index is 0.276. The standard InChI is InChI=1S/C36H41N3O4S/c1-29-14-11-12-22-35(29)44(42,43)39(32-19-9-4-10-20-32)34-23-25-38(36(40)41)33(26-34)21-13-24-37(27-30-15-5-2-6-16-30)28-31-17-7-3-8-18-31/h2-12,14-20,22,33-34H,13,21,23-28H2,1H3,(H,40,41)/t33?,34-/m0/s1. The summed E-state index contributed by atoms with van der Waals surface area (Å²) in [6.07, 6.45) is 1.35. The Labute approximate surface area is 261 Å². The lowest BCUT2D eigenvalue weighted by molar-refractivity contribution is 0.0957. The molecule has 1 N–H and O–H groups in total. The fraction of sp³-hybridized carbons (Fsp3) is 0.306. The first-order chi connectivity index (χ1) is 21.3. The second kappa shape index (κ2) is 14.6. The number of benzene rings is 4. The molecule has 1 fully saturated rings. The Balaban J connectivity index is 1.35. The number of likely N-dealkylation sites (tertiary alicyclic amines) is 1. The molecule has 1 unspecified atom stereocenters. The van der Waals surface area contributed by atoms with Gasteiger partial charge in [-0.1, -0.05) is 97.1 Å². The summed E-state index contributed by atoms with van der Waals surface area (Å²) in [6, 6.07) is 36.3. The van der Waals surface area contributed by atoms with Gasteiger partial charge >= 0.3 is 6.09 Å². The molecule has 0 aliphatic carbocycles. The summed E-state index contributed by atoms with van der Waals surface area (Å²) in [5.41, 5.74) is 3.74. The van der Waals surface area contributed by atoms with Crippen LogP contribution in [0.15, 0.2) is 120 Å². The summed E-state index contributed by atoms with van der Waals surface area (Å²) < 4.78 is 30.0. The van der Waals surface area contributed by atoms with E-state index in [4.69, 9.17) is 0 Å². The molecule has 4 aromatic carbocycles. The Morgan fingerprint density at radius 3 is 1.93 bits per heavy atom. The number of aryl methyl sites for hydroxylation is 1. The highest BCUT2D eigenvalue weighted by molar-refractivity contribution is 7.93. The minimum atomic E-state index is -3.89. The second-order valence-corrected chi connectivity index (χ2v) is 13.3. The Morgan fingerprint density at radius 1 is 0.818 bits per heavy atom. The third-order valence-electron chi connectivity index (χ3n) is 8.42. The summed E-state index contributed by atoms with van der Waals surface area (Å²) in [7, 11) is -3.89. The number of nitrogens with zero attached hydrogens (tertiary/aromatic N) is 3. The molecule has 0 aromatic heterocycles. The van der Waals surface area contributed by atoms with Crippen molar-refractivity contribution >= 4 is 21.8 Å². The van der Waals surface area contributed by atoms with Gasteiger partial charge in [-0.3, -0.25) is 9.21 Å². The van der Waals surface area contributed by atoms with Crippen LogP contribution in [0.4, 0.5) is 10.5 Å². The quantitative estimate of drug-likeness (QED) is 0.184. The van der Waals surface area contributed by atoms with E-state index in [2.05, 4.69) is 29.2 Å². The summed E-state index contributed by atoms with van der Waals surface area (Å²) in [5, 5.41) is 10.1. The van der Waals surface area contributed by atoms with E-state index in [0.29, 0.717) is 30.5 Å². The van der Waals surface area contributed by atoms with Gasteiger partial charge in [0, 0.05) is 31.7 Å². The molecular weight excluding hydrogens is 570 g/mol. The predicted octanol–water partition coefficient (Wildman–Crippen LogP) is 7.18. The Morgan fingerprint density at radius 2 is 1.36 bits per heavy atom. The minimum Gasteiger partial charge on any atom is -0.465 e. The van der Waals surface area contributed by atoms with Crippen molar-refractivity contribution in [1.82, 2.24) is 9.80 Å². The molecule has 0 radical (unpaired) electrons. The number of para-hydroxylation sites is 1. The van der Waals surface area contributed by atoms with Crippen LogP contribution < -0.4 is 4.31 Å². The molecule has 5 rings (SSSR count). The number of hydrogen-bond donors (Lipinski definition) is 1. The van der Waals surface area contributed by atoms with Crippen LogP contribution in [0.1, 0.15) is 42.4 Å². The zero-order valence-corrected chi connectivity index (χ0v) is 26.0. The molecular formula is C36H41N3O4S. The zero-order chi connectivity index (χ0) is 30.9. The SMILES string of the molecule is Cc1ccccc1S(=O)(=O)N(c1ccccc1)[C@H]1CCN(C(=O)O)C(CCCN(Cc2ccccc2)Cc2ccccc2)C1.